The Balaban J connectivity index is 1.94. The summed E-state index contributed by atoms with van der Waals surface area (Å²) < 4.78 is 1.88. The van der Waals surface area contributed by atoms with Crippen LogP contribution in [-0.2, 0) is 4.79 Å². The van der Waals surface area contributed by atoms with Gasteiger partial charge in [-0.2, -0.15) is 0 Å². The molecule has 1 amide bonds. The monoisotopic (exact) mass is 277 g/mol. The van der Waals surface area contributed by atoms with Gasteiger partial charge in [0.2, 0.25) is 5.91 Å². The molecule has 0 radical (unpaired) electrons. The Kier molecular flexibility index (Phi) is 4.12. The van der Waals surface area contributed by atoms with Crippen LogP contribution in [0.15, 0.2) is 36.4 Å². The van der Waals surface area contributed by atoms with Crippen LogP contribution in [0.5, 0.6) is 0 Å². The van der Waals surface area contributed by atoms with Crippen LogP contribution in [0.2, 0.25) is 5.02 Å². The summed E-state index contributed by atoms with van der Waals surface area (Å²) in [5.41, 5.74) is 5.80. The number of aryl methyl sites for hydroxylation is 2. The summed E-state index contributed by atoms with van der Waals surface area (Å²) in [6, 6.07) is 11.2. The van der Waals surface area contributed by atoms with Gasteiger partial charge in [-0.15, -0.1) is 0 Å². The lowest BCUT2D eigenvalue weighted by Crippen LogP contribution is -2.28. The van der Waals surface area contributed by atoms with E-state index in [0.717, 1.165) is 11.4 Å². The van der Waals surface area contributed by atoms with Gasteiger partial charge in [0, 0.05) is 11.4 Å². The Labute approximate surface area is 117 Å². The molecular formula is C14H16ClN3O. The first-order valence-corrected chi connectivity index (χ1v) is 6.39. The topological polar surface area (TPSA) is 46.1 Å². The Morgan fingerprint density at radius 3 is 2.42 bits per heavy atom. The highest BCUT2D eigenvalue weighted by Gasteiger charge is 2.06. The number of rotatable bonds is 4. The fourth-order valence-corrected chi connectivity index (χ4v) is 2.01. The van der Waals surface area contributed by atoms with Gasteiger partial charge in [0.1, 0.15) is 6.54 Å². The molecule has 100 valence electrons. The lowest BCUT2D eigenvalue weighted by atomic mass is 10.3. The van der Waals surface area contributed by atoms with Crippen molar-refractivity contribution in [1.29, 1.82) is 0 Å². The molecule has 0 saturated carbocycles. The molecule has 2 N–H and O–H groups in total. The van der Waals surface area contributed by atoms with Crippen LogP contribution < -0.4 is 10.7 Å². The molecule has 19 heavy (non-hydrogen) atoms. The molecular weight excluding hydrogens is 262 g/mol. The number of carbonyl (C=O) groups excluding carboxylic acids is 1. The van der Waals surface area contributed by atoms with Crippen LogP contribution in [0.3, 0.4) is 0 Å². The summed E-state index contributed by atoms with van der Waals surface area (Å²) in [6.07, 6.45) is 0. The van der Waals surface area contributed by atoms with E-state index in [9.17, 15) is 4.79 Å². The Hall–Kier alpha value is -1.94. The number of nitrogens with zero attached hydrogens (tertiary/aromatic N) is 1. The lowest BCUT2D eigenvalue weighted by Gasteiger charge is -2.13. The van der Waals surface area contributed by atoms with Gasteiger partial charge in [0.25, 0.3) is 0 Å². The smallest absolute Gasteiger partial charge is 0.245 e. The van der Waals surface area contributed by atoms with Crippen molar-refractivity contribution < 1.29 is 4.79 Å². The second kappa shape index (κ2) is 5.80. The first kappa shape index (κ1) is 13.5. The molecule has 1 aromatic carbocycles. The van der Waals surface area contributed by atoms with Gasteiger partial charge in [-0.25, -0.2) is 0 Å². The van der Waals surface area contributed by atoms with E-state index in [-0.39, 0.29) is 12.5 Å². The summed E-state index contributed by atoms with van der Waals surface area (Å²) >= 11 is 5.98. The van der Waals surface area contributed by atoms with E-state index in [4.69, 9.17) is 11.6 Å². The maximum Gasteiger partial charge on any atom is 0.245 e. The van der Waals surface area contributed by atoms with Crippen LogP contribution in [0.25, 0.3) is 0 Å². The van der Waals surface area contributed by atoms with Gasteiger partial charge in [-0.1, -0.05) is 23.7 Å². The lowest BCUT2D eigenvalue weighted by molar-refractivity contribution is -0.114. The quantitative estimate of drug-likeness (QED) is 0.903. The summed E-state index contributed by atoms with van der Waals surface area (Å²) in [5.74, 6) is -0.138. The average Bonchev–Trinajstić information content (AvgIpc) is 2.70. The fourth-order valence-electron chi connectivity index (χ4n) is 1.83. The first-order chi connectivity index (χ1) is 9.08. The van der Waals surface area contributed by atoms with Gasteiger partial charge >= 0.3 is 0 Å². The second-order valence-corrected chi connectivity index (χ2v) is 4.72. The summed E-state index contributed by atoms with van der Waals surface area (Å²) in [6.45, 7) is 4.14. The average molecular weight is 278 g/mol. The van der Waals surface area contributed by atoms with Gasteiger partial charge in [-0.05, 0) is 38.1 Å². The third kappa shape index (κ3) is 3.29. The molecule has 2 rings (SSSR count). The third-order valence-corrected chi connectivity index (χ3v) is 3.15. The number of benzene rings is 1. The maximum atomic E-state index is 11.8. The van der Waals surface area contributed by atoms with Crippen molar-refractivity contribution in [2.45, 2.75) is 13.8 Å². The van der Waals surface area contributed by atoms with E-state index in [1.165, 1.54) is 0 Å². The highest BCUT2D eigenvalue weighted by molar-refractivity contribution is 6.33. The number of amides is 1. The largest absolute Gasteiger partial charge is 0.323 e. The summed E-state index contributed by atoms with van der Waals surface area (Å²) in [4.78, 5) is 11.8. The minimum Gasteiger partial charge on any atom is -0.323 e. The zero-order valence-electron chi connectivity index (χ0n) is 10.9. The fraction of sp³-hybridized carbons (Fsp3) is 0.214. The zero-order chi connectivity index (χ0) is 13.8. The van der Waals surface area contributed by atoms with E-state index in [2.05, 4.69) is 10.7 Å². The summed E-state index contributed by atoms with van der Waals surface area (Å²) in [5, 5.41) is 3.30. The highest BCUT2D eigenvalue weighted by Crippen LogP contribution is 2.20. The zero-order valence-corrected chi connectivity index (χ0v) is 11.7. The van der Waals surface area contributed by atoms with E-state index in [1.54, 1.807) is 12.1 Å². The highest BCUT2D eigenvalue weighted by atomic mass is 35.5. The minimum absolute atomic E-state index is 0.138. The number of nitrogens with one attached hydrogen (secondary N) is 2. The molecule has 1 heterocycles. The molecule has 1 aromatic heterocycles. The van der Waals surface area contributed by atoms with Crippen molar-refractivity contribution in [2.24, 2.45) is 0 Å². The number of para-hydroxylation sites is 1. The maximum absolute atomic E-state index is 11.8. The number of hydrogen-bond donors (Lipinski definition) is 2. The molecule has 0 saturated heterocycles. The third-order valence-electron chi connectivity index (χ3n) is 2.82. The number of halogens is 1. The van der Waals surface area contributed by atoms with E-state index in [0.29, 0.717) is 10.7 Å². The molecule has 2 aromatic rings. The minimum atomic E-state index is -0.138. The van der Waals surface area contributed by atoms with Gasteiger partial charge in [0.15, 0.2) is 0 Å². The van der Waals surface area contributed by atoms with Crippen LogP contribution in [0, 0.1) is 13.8 Å². The molecule has 0 aliphatic rings. The van der Waals surface area contributed by atoms with E-state index < -0.39 is 0 Å². The van der Waals surface area contributed by atoms with Crippen molar-refractivity contribution >= 4 is 23.2 Å². The van der Waals surface area contributed by atoms with Crippen LogP contribution >= 0.6 is 11.6 Å². The molecule has 5 heteroatoms. The molecule has 0 unspecified atom stereocenters. The molecule has 0 aliphatic heterocycles. The molecule has 0 atom stereocenters. The van der Waals surface area contributed by atoms with Crippen LogP contribution in [0.1, 0.15) is 11.4 Å². The van der Waals surface area contributed by atoms with Gasteiger partial charge in [0.05, 0.1) is 10.7 Å². The normalized spacial score (nSPS) is 10.3. The van der Waals surface area contributed by atoms with Crippen molar-refractivity contribution in [3.8, 4) is 0 Å². The van der Waals surface area contributed by atoms with Crippen LogP contribution in [-0.4, -0.2) is 17.1 Å². The molecule has 4 nitrogen and oxygen atoms in total. The predicted octanol–water partition coefficient (Wildman–Crippen LogP) is 2.94. The van der Waals surface area contributed by atoms with E-state index >= 15 is 0 Å². The van der Waals surface area contributed by atoms with E-state index in [1.807, 2.05) is 42.8 Å². The number of anilines is 1. The Morgan fingerprint density at radius 1 is 1.16 bits per heavy atom. The first-order valence-electron chi connectivity index (χ1n) is 6.01. The van der Waals surface area contributed by atoms with Gasteiger partial charge in [-0.3, -0.25) is 9.47 Å². The molecule has 0 aliphatic carbocycles. The SMILES string of the molecule is Cc1ccc(C)n1NCC(=O)Nc1ccccc1Cl. The molecule has 0 bridgehead atoms. The molecule has 0 spiro atoms. The standard InChI is InChI=1S/C14H16ClN3O/c1-10-7-8-11(2)18(10)16-9-14(19)17-13-6-4-3-5-12(13)15/h3-8,16H,9H2,1-2H3,(H,17,19). The van der Waals surface area contributed by atoms with Gasteiger partial charge < -0.3 is 10.7 Å². The number of carbonyl (C=O) groups is 1. The van der Waals surface area contributed by atoms with Crippen molar-refractivity contribution in [3.63, 3.8) is 0 Å². The number of hydrogen-bond acceptors (Lipinski definition) is 2. The second-order valence-electron chi connectivity index (χ2n) is 4.31. The van der Waals surface area contributed by atoms with Crippen molar-refractivity contribution in [3.05, 3.63) is 52.8 Å². The predicted molar refractivity (Wildman–Crippen MR) is 78.2 cm³/mol. The van der Waals surface area contributed by atoms with Crippen LogP contribution in [0.4, 0.5) is 5.69 Å². The Bertz CT molecular complexity index is 573. The summed E-state index contributed by atoms with van der Waals surface area (Å²) in [7, 11) is 0. The Morgan fingerprint density at radius 2 is 1.79 bits per heavy atom. The number of aromatic nitrogens is 1. The van der Waals surface area contributed by atoms with Crippen molar-refractivity contribution in [1.82, 2.24) is 4.68 Å². The van der Waals surface area contributed by atoms with Crippen molar-refractivity contribution in [2.75, 3.05) is 17.3 Å². The molecule has 0 fully saturated rings.